The van der Waals surface area contributed by atoms with Crippen LogP contribution in [0.3, 0.4) is 0 Å². The van der Waals surface area contributed by atoms with E-state index in [0.29, 0.717) is 12.2 Å². The summed E-state index contributed by atoms with van der Waals surface area (Å²) in [6.07, 6.45) is 1.42. The molecule has 0 spiro atoms. The standard InChI is InChI=1S/C14H18O4S/c1-11-4-2-5-12(8-11)14(15)10-19(16,17)9-13-6-3-7-18-13/h2,4-5,8,13H,3,6-7,9-10H2,1H3. The zero-order chi connectivity index (χ0) is 13.9. The van der Waals surface area contributed by atoms with Crippen molar-refractivity contribution in [2.75, 3.05) is 18.1 Å². The third kappa shape index (κ3) is 4.14. The van der Waals surface area contributed by atoms with E-state index in [1.54, 1.807) is 18.2 Å². The van der Waals surface area contributed by atoms with E-state index < -0.39 is 15.6 Å². The molecular weight excluding hydrogens is 264 g/mol. The Morgan fingerprint density at radius 2 is 2.21 bits per heavy atom. The van der Waals surface area contributed by atoms with Crippen LogP contribution >= 0.6 is 0 Å². The van der Waals surface area contributed by atoms with Crippen molar-refractivity contribution in [3.05, 3.63) is 35.4 Å². The van der Waals surface area contributed by atoms with Gasteiger partial charge in [0.05, 0.1) is 11.9 Å². The second-order valence-corrected chi connectivity index (χ2v) is 7.09. The third-order valence-corrected chi connectivity index (χ3v) is 4.74. The van der Waals surface area contributed by atoms with Crippen LogP contribution < -0.4 is 0 Å². The van der Waals surface area contributed by atoms with Crippen molar-refractivity contribution in [3.8, 4) is 0 Å². The fourth-order valence-corrected chi connectivity index (χ4v) is 3.73. The molecule has 104 valence electrons. The summed E-state index contributed by atoms with van der Waals surface area (Å²) in [5, 5.41) is 0. The minimum atomic E-state index is -3.40. The molecule has 0 radical (unpaired) electrons. The second-order valence-electron chi connectivity index (χ2n) is 4.98. The van der Waals surface area contributed by atoms with Gasteiger partial charge < -0.3 is 4.74 Å². The fourth-order valence-electron chi connectivity index (χ4n) is 2.22. The molecule has 4 nitrogen and oxygen atoms in total. The summed E-state index contributed by atoms with van der Waals surface area (Å²) in [5.74, 6) is -0.831. The van der Waals surface area contributed by atoms with Crippen LogP contribution in [0.4, 0.5) is 0 Å². The Morgan fingerprint density at radius 3 is 2.84 bits per heavy atom. The highest BCUT2D eigenvalue weighted by Gasteiger charge is 2.25. The molecule has 1 aliphatic rings. The van der Waals surface area contributed by atoms with Gasteiger partial charge in [-0.3, -0.25) is 4.79 Å². The van der Waals surface area contributed by atoms with Crippen molar-refractivity contribution in [2.24, 2.45) is 0 Å². The molecule has 1 aliphatic heterocycles. The first-order valence-electron chi connectivity index (χ1n) is 6.38. The predicted molar refractivity (Wildman–Crippen MR) is 73.1 cm³/mol. The molecule has 0 aromatic heterocycles. The minimum Gasteiger partial charge on any atom is -0.377 e. The Morgan fingerprint density at radius 1 is 1.42 bits per heavy atom. The number of ketones is 1. The second kappa shape index (κ2) is 5.84. The van der Waals surface area contributed by atoms with Crippen LogP contribution in [0.15, 0.2) is 24.3 Å². The van der Waals surface area contributed by atoms with Crippen molar-refractivity contribution in [2.45, 2.75) is 25.9 Å². The molecule has 0 aliphatic carbocycles. The lowest BCUT2D eigenvalue weighted by molar-refractivity contribution is 0.102. The molecule has 1 unspecified atom stereocenters. The number of rotatable bonds is 5. The van der Waals surface area contributed by atoms with E-state index >= 15 is 0 Å². The zero-order valence-electron chi connectivity index (χ0n) is 11.0. The van der Waals surface area contributed by atoms with E-state index in [1.165, 1.54) is 0 Å². The summed E-state index contributed by atoms with van der Waals surface area (Å²) in [7, 11) is -3.40. The van der Waals surface area contributed by atoms with Gasteiger partial charge in [-0.05, 0) is 25.8 Å². The van der Waals surface area contributed by atoms with Gasteiger partial charge in [0.2, 0.25) is 0 Å². The molecule has 0 saturated carbocycles. The molecule has 1 heterocycles. The maximum absolute atomic E-state index is 12.0. The number of aryl methyl sites for hydroxylation is 1. The third-order valence-electron chi connectivity index (χ3n) is 3.15. The summed E-state index contributed by atoms with van der Waals surface area (Å²) in [5.41, 5.74) is 1.40. The van der Waals surface area contributed by atoms with E-state index in [-0.39, 0.29) is 17.6 Å². The molecule has 1 saturated heterocycles. The van der Waals surface area contributed by atoms with Gasteiger partial charge in [-0.15, -0.1) is 0 Å². The lowest BCUT2D eigenvalue weighted by Gasteiger charge is -2.09. The molecule has 0 amide bonds. The number of sulfone groups is 1. The Kier molecular flexibility index (Phi) is 4.37. The number of hydrogen-bond donors (Lipinski definition) is 0. The summed E-state index contributed by atoms with van der Waals surface area (Å²) in [6, 6.07) is 6.99. The Bertz CT molecular complexity index is 557. The summed E-state index contributed by atoms with van der Waals surface area (Å²) in [6.45, 7) is 2.49. The summed E-state index contributed by atoms with van der Waals surface area (Å²) >= 11 is 0. The Labute approximate surface area is 113 Å². The molecule has 0 bridgehead atoms. The van der Waals surface area contributed by atoms with Gasteiger partial charge in [0.25, 0.3) is 0 Å². The first kappa shape index (κ1) is 14.2. The fraction of sp³-hybridized carbons (Fsp3) is 0.500. The van der Waals surface area contributed by atoms with Crippen LogP contribution in [0.25, 0.3) is 0 Å². The molecule has 5 heteroatoms. The Balaban J connectivity index is 2.01. The maximum atomic E-state index is 12.0. The van der Waals surface area contributed by atoms with Gasteiger partial charge in [-0.2, -0.15) is 0 Å². The molecule has 1 aromatic rings. The highest BCUT2D eigenvalue weighted by atomic mass is 32.2. The predicted octanol–water partition coefficient (Wildman–Crippen LogP) is 1.77. The number of hydrogen-bond acceptors (Lipinski definition) is 4. The van der Waals surface area contributed by atoms with Gasteiger partial charge in [0.15, 0.2) is 15.6 Å². The van der Waals surface area contributed by atoms with Gasteiger partial charge >= 0.3 is 0 Å². The molecule has 0 N–H and O–H groups in total. The number of carbonyl (C=O) groups excluding carboxylic acids is 1. The smallest absolute Gasteiger partial charge is 0.177 e. The number of Topliss-reactive ketones (excluding diaryl/α,β-unsaturated/α-hetero) is 1. The Hall–Kier alpha value is -1.20. The van der Waals surface area contributed by atoms with E-state index in [4.69, 9.17) is 4.74 Å². The first-order chi connectivity index (χ1) is 8.96. The topological polar surface area (TPSA) is 60.4 Å². The van der Waals surface area contributed by atoms with Crippen LogP contribution in [0.5, 0.6) is 0 Å². The SMILES string of the molecule is Cc1cccc(C(=O)CS(=O)(=O)CC2CCCO2)c1. The van der Waals surface area contributed by atoms with E-state index in [1.807, 2.05) is 13.0 Å². The quantitative estimate of drug-likeness (QED) is 0.772. The average Bonchev–Trinajstić information content (AvgIpc) is 2.80. The normalized spacial score (nSPS) is 19.5. The van der Waals surface area contributed by atoms with Crippen molar-refractivity contribution in [1.29, 1.82) is 0 Å². The maximum Gasteiger partial charge on any atom is 0.177 e. The van der Waals surface area contributed by atoms with Crippen LogP contribution in [0, 0.1) is 6.92 Å². The van der Waals surface area contributed by atoms with Crippen LogP contribution in [0.1, 0.15) is 28.8 Å². The zero-order valence-corrected chi connectivity index (χ0v) is 11.8. The average molecular weight is 282 g/mol. The number of carbonyl (C=O) groups is 1. The van der Waals surface area contributed by atoms with Crippen molar-refractivity contribution in [1.82, 2.24) is 0 Å². The van der Waals surface area contributed by atoms with Crippen LogP contribution in [-0.4, -0.2) is 38.4 Å². The highest BCUT2D eigenvalue weighted by molar-refractivity contribution is 7.92. The molecule has 1 atom stereocenters. The van der Waals surface area contributed by atoms with E-state index in [0.717, 1.165) is 18.4 Å². The summed E-state index contributed by atoms with van der Waals surface area (Å²) in [4.78, 5) is 12.0. The number of benzene rings is 1. The lowest BCUT2D eigenvalue weighted by atomic mass is 10.1. The molecule has 1 aromatic carbocycles. The van der Waals surface area contributed by atoms with Crippen LogP contribution in [0.2, 0.25) is 0 Å². The van der Waals surface area contributed by atoms with Gasteiger partial charge in [-0.1, -0.05) is 23.8 Å². The monoisotopic (exact) mass is 282 g/mol. The minimum absolute atomic E-state index is 0.0510. The largest absolute Gasteiger partial charge is 0.377 e. The van der Waals surface area contributed by atoms with Crippen molar-refractivity contribution < 1.29 is 17.9 Å². The van der Waals surface area contributed by atoms with E-state index in [9.17, 15) is 13.2 Å². The van der Waals surface area contributed by atoms with Gasteiger partial charge in [0.1, 0.15) is 5.75 Å². The number of ether oxygens (including phenoxy) is 1. The van der Waals surface area contributed by atoms with E-state index in [2.05, 4.69) is 0 Å². The van der Waals surface area contributed by atoms with Crippen molar-refractivity contribution >= 4 is 15.6 Å². The van der Waals surface area contributed by atoms with Crippen molar-refractivity contribution in [3.63, 3.8) is 0 Å². The van der Waals surface area contributed by atoms with Gasteiger partial charge in [0, 0.05) is 12.2 Å². The van der Waals surface area contributed by atoms with Crippen LogP contribution in [-0.2, 0) is 14.6 Å². The first-order valence-corrected chi connectivity index (χ1v) is 8.20. The molecule has 1 fully saturated rings. The molecule has 2 rings (SSSR count). The lowest BCUT2D eigenvalue weighted by Crippen LogP contribution is -2.26. The van der Waals surface area contributed by atoms with Gasteiger partial charge in [-0.25, -0.2) is 8.42 Å². The summed E-state index contributed by atoms with van der Waals surface area (Å²) < 4.78 is 29.2. The highest BCUT2D eigenvalue weighted by Crippen LogP contribution is 2.15. The molecular formula is C14H18O4S. The molecule has 19 heavy (non-hydrogen) atoms.